The number of hydrogen-bond donors (Lipinski definition) is 3. The fraction of sp³-hybridized carbons (Fsp3) is 0. The van der Waals surface area contributed by atoms with Crippen LogP contribution >= 0.6 is 0 Å². The average Bonchev–Trinajstić information content (AvgIpc) is 2.98. The van der Waals surface area contributed by atoms with Crippen molar-refractivity contribution in [2.45, 2.75) is 0 Å². The SMILES string of the molecule is O=C(Nc1ccc(F)c([N+](=O)[O-])c1)Nc1cccc2[nH]ccc12. The Morgan fingerprint density at radius 1 is 1.17 bits per heavy atom. The van der Waals surface area contributed by atoms with Crippen LogP contribution < -0.4 is 10.6 Å². The molecule has 23 heavy (non-hydrogen) atoms. The number of carbonyl (C=O) groups excluding carboxylic acids is 1. The lowest BCUT2D eigenvalue weighted by atomic mass is 10.2. The Kier molecular flexibility index (Phi) is 3.63. The first-order chi connectivity index (χ1) is 11.0. The molecule has 3 aromatic rings. The van der Waals surface area contributed by atoms with Gasteiger partial charge in [-0.15, -0.1) is 0 Å². The van der Waals surface area contributed by atoms with Crippen molar-refractivity contribution < 1.29 is 14.1 Å². The molecule has 0 spiro atoms. The quantitative estimate of drug-likeness (QED) is 0.505. The lowest BCUT2D eigenvalue weighted by molar-refractivity contribution is -0.387. The summed E-state index contributed by atoms with van der Waals surface area (Å²) in [5.74, 6) is -0.960. The number of benzene rings is 2. The molecule has 0 fully saturated rings. The number of carbonyl (C=O) groups is 1. The Labute approximate surface area is 129 Å². The number of nitro groups is 1. The number of nitrogens with zero attached hydrogens (tertiary/aromatic N) is 1. The molecule has 0 bridgehead atoms. The van der Waals surface area contributed by atoms with Gasteiger partial charge in [0.25, 0.3) is 0 Å². The van der Waals surface area contributed by atoms with Crippen LogP contribution in [0.5, 0.6) is 0 Å². The van der Waals surface area contributed by atoms with Crippen molar-refractivity contribution >= 4 is 34.0 Å². The third kappa shape index (κ3) is 2.95. The van der Waals surface area contributed by atoms with Crippen molar-refractivity contribution in [3.8, 4) is 0 Å². The van der Waals surface area contributed by atoms with Gasteiger partial charge in [0.1, 0.15) is 0 Å². The highest BCUT2D eigenvalue weighted by Crippen LogP contribution is 2.24. The molecule has 3 rings (SSSR count). The van der Waals surface area contributed by atoms with Gasteiger partial charge in [-0.3, -0.25) is 10.1 Å². The second kappa shape index (κ2) is 5.76. The molecule has 7 nitrogen and oxygen atoms in total. The molecule has 0 radical (unpaired) electrons. The standard InChI is InChI=1S/C15H11FN4O3/c16-11-5-4-9(8-14(11)20(22)23)18-15(21)19-13-3-1-2-12-10(13)6-7-17-12/h1-8,17H,(H2,18,19,21). The van der Waals surface area contributed by atoms with Crippen molar-refractivity contribution in [1.82, 2.24) is 4.98 Å². The molecule has 3 N–H and O–H groups in total. The van der Waals surface area contributed by atoms with Gasteiger partial charge < -0.3 is 15.6 Å². The van der Waals surface area contributed by atoms with E-state index in [4.69, 9.17) is 0 Å². The van der Waals surface area contributed by atoms with Gasteiger partial charge in [0.2, 0.25) is 5.82 Å². The van der Waals surface area contributed by atoms with Crippen LogP contribution in [-0.4, -0.2) is 15.9 Å². The Bertz CT molecular complexity index is 907. The maximum absolute atomic E-state index is 13.3. The number of nitro benzene ring substituents is 1. The van der Waals surface area contributed by atoms with Crippen LogP contribution in [0, 0.1) is 15.9 Å². The molecular weight excluding hydrogens is 303 g/mol. The average molecular weight is 314 g/mol. The topological polar surface area (TPSA) is 100 Å². The van der Waals surface area contributed by atoms with Crippen LogP contribution in [0.2, 0.25) is 0 Å². The Morgan fingerprint density at radius 2 is 2.00 bits per heavy atom. The van der Waals surface area contributed by atoms with Crippen LogP contribution in [0.15, 0.2) is 48.7 Å². The molecule has 0 unspecified atom stereocenters. The van der Waals surface area contributed by atoms with Gasteiger partial charge in [-0.05, 0) is 30.3 Å². The molecule has 0 aliphatic carbocycles. The number of urea groups is 1. The molecule has 2 aromatic carbocycles. The molecule has 0 saturated heterocycles. The summed E-state index contributed by atoms with van der Waals surface area (Å²) in [4.78, 5) is 24.9. The van der Waals surface area contributed by atoms with Crippen molar-refractivity contribution in [3.63, 3.8) is 0 Å². The molecule has 0 saturated carbocycles. The first kappa shape index (κ1) is 14.5. The third-order valence-electron chi connectivity index (χ3n) is 3.24. The van der Waals surface area contributed by atoms with Gasteiger partial charge >= 0.3 is 11.7 Å². The van der Waals surface area contributed by atoms with E-state index in [-0.39, 0.29) is 5.69 Å². The fourth-order valence-corrected chi connectivity index (χ4v) is 2.21. The number of H-pyrrole nitrogens is 1. The highest BCUT2D eigenvalue weighted by Gasteiger charge is 2.15. The predicted molar refractivity (Wildman–Crippen MR) is 84.0 cm³/mol. The Balaban J connectivity index is 1.79. The molecule has 2 amide bonds. The van der Waals surface area contributed by atoms with Crippen LogP contribution in [0.25, 0.3) is 10.9 Å². The molecule has 1 heterocycles. The van der Waals surface area contributed by atoms with Gasteiger partial charge in [-0.25, -0.2) is 4.79 Å². The van der Waals surface area contributed by atoms with Crippen molar-refractivity contribution in [1.29, 1.82) is 0 Å². The highest BCUT2D eigenvalue weighted by atomic mass is 19.1. The molecule has 0 atom stereocenters. The number of aromatic nitrogens is 1. The number of nitrogens with one attached hydrogen (secondary N) is 3. The number of hydrogen-bond acceptors (Lipinski definition) is 3. The molecule has 0 aliphatic rings. The van der Waals surface area contributed by atoms with E-state index in [1.165, 1.54) is 6.07 Å². The summed E-state index contributed by atoms with van der Waals surface area (Å²) in [5, 5.41) is 16.6. The summed E-state index contributed by atoms with van der Waals surface area (Å²) in [7, 11) is 0. The lowest BCUT2D eigenvalue weighted by Crippen LogP contribution is -2.19. The normalized spacial score (nSPS) is 10.5. The summed E-state index contributed by atoms with van der Waals surface area (Å²) in [6.07, 6.45) is 1.75. The van der Waals surface area contributed by atoms with E-state index in [1.807, 2.05) is 12.1 Å². The summed E-state index contributed by atoms with van der Waals surface area (Å²) in [6, 6.07) is 9.74. The summed E-state index contributed by atoms with van der Waals surface area (Å²) >= 11 is 0. The van der Waals surface area contributed by atoms with Gasteiger partial charge in [0.05, 0.1) is 10.6 Å². The minimum atomic E-state index is -0.960. The van der Waals surface area contributed by atoms with Gasteiger partial charge in [-0.2, -0.15) is 4.39 Å². The second-order valence-corrected chi connectivity index (χ2v) is 4.75. The zero-order valence-electron chi connectivity index (χ0n) is 11.7. The molecule has 8 heteroatoms. The van der Waals surface area contributed by atoms with E-state index in [9.17, 15) is 19.3 Å². The zero-order valence-corrected chi connectivity index (χ0v) is 11.7. The number of anilines is 2. The number of halogens is 1. The minimum absolute atomic E-state index is 0.122. The van der Waals surface area contributed by atoms with Crippen LogP contribution in [-0.2, 0) is 0 Å². The largest absolute Gasteiger partial charge is 0.361 e. The number of aromatic amines is 1. The molecule has 0 aliphatic heterocycles. The fourth-order valence-electron chi connectivity index (χ4n) is 2.21. The van der Waals surface area contributed by atoms with Gasteiger partial charge in [-0.1, -0.05) is 6.07 Å². The van der Waals surface area contributed by atoms with Crippen molar-refractivity contribution in [2.75, 3.05) is 10.6 Å². The van der Waals surface area contributed by atoms with Crippen molar-refractivity contribution in [2.24, 2.45) is 0 Å². The van der Waals surface area contributed by atoms with E-state index >= 15 is 0 Å². The van der Waals surface area contributed by atoms with Crippen LogP contribution in [0.4, 0.5) is 26.2 Å². The Morgan fingerprint density at radius 3 is 2.78 bits per heavy atom. The monoisotopic (exact) mass is 314 g/mol. The third-order valence-corrected chi connectivity index (χ3v) is 3.24. The highest BCUT2D eigenvalue weighted by molar-refractivity contribution is 6.05. The zero-order chi connectivity index (χ0) is 16.4. The summed E-state index contributed by atoms with van der Waals surface area (Å²) in [6.45, 7) is 0. The summed E-state index contributed by atoms with van der Waals surface area (Å²) < 4.78 is 13.3. The van der Waals surface area contributed by atoms with Gasteiger partial charge in [0.15, 0.2) is 0 Å². The van der Waals surface area contributed by atoms with Gasteiger partial charge in [0, 0.05) is 28.9 Å². The summed E-state index contributed by atoms with van der Waals surface area (Å²) in [5.41, 5.74) is 0.866. The van der Waals surface area contributed by atoms with E-state index in [0.717, 1.165) is 23.0 Å². The maximum Gasteiger partial charge on any atom is 0.323 e. The number of fused-ring (bicyclic) bond motifs is 1. The smallest absolute Gasteiger partial charge is 0.323 e. The number of rotatable bonds is 3. The van der Waals surface area contributed by atoms with Crippen molar-refractivity contribution in [3.05, 3.63) is 64.6 Å². The van der Waals surface area contributed by atoms with E-state index < -0.39 is 22.5 Å². The molecule has 116 valence electrons. The second-order valence-electron chi connectivity index (χ2n) is 4.75. The first-order valence-corrected chi connectivity index (χ1v) is 6.62. The number of amides is 2. The van der Waals surface area contributed by atoms with Crippen LogP contribution in [0.1, 0.15) is 0 Å². The maximum atomic E-state index is 13.3. The molecular formula is C15H11FN4O3. The van der Waals surface area contributed by atoms with E-state index in [0.29, 0.717) is 5.69 Å². The Hall–Kier alpha value is -3.42. The minimum Gasteiger partial charge on any atom is -0.361 e. The predicted octanol–water partition coefficient (Wildman–Crippen LogP) is 3.86. The van der Waals surface area contributed by atoms with E-state index in [1.54, 1.807) is 18.3 Å². The van der Waals surface area contributed by atoms with Crippen LogP contribution in [0.3, 0.4) is 0 Å². The molecule has 1 aromatic heterocycles. The first-order valence-electron chi connectivity index (χ1n) is 6.62. The van der Waals surface area contributed by atoms with E-state index in [2.05, 4.69) is 15.6 Å². The lowest BCUT2D eigenvalue weighted by Gasteiger charge is -2.08.